The zero-order valence-corrected chi connectivity index (χ0v) is 12.8. The summed E-state index contributed by atoms with van der Waals surface area (Å²) in [6.07, 6.45) is 3.35. The van der Waals surface area contributed by atoms with Crippen molar-refractivity contribution in [3.8, 4) is 11.5 Å². The lowest BCUT2D eigenvalue weighted by Gasteiger charge is -2.33. The first kappa shape index (κ1) is 14.9. The topological polar surface area (TPSA) is 49.7 Å². The zero-order chi connectivity index (χ0) is 15.6. The van der Waals surface area contributed by atoms with Gasteiger partial charge in [-0.05, 0) is 54.7 Å². The number of rotatable bonds is 4. The van der Waals surface area contributed by atoms with Gasteiger partial charge < -0.3 is 14.9 Å². The molecule has 3 nitrogen and oxygen atoms in total. The third kappa shape index (κ3) is 2.95. The second-order valence-electron chi connectivity index (χ2n) is 6.27. The van der Waals surface area contributed by atoms with E-state index in [9.17, 15) is 10.2 Å². The lowest BCUT2D eigenvalue weighted by molar-refractivity contribution is 0.0904. The highest BCUT2D eigenvalue weighted by atomic mass is 16.5. The zero-order valence-electron chi connectivity index (χ0n) is 12.8. The molecule has 0 amide bonds. The Morgan fingerprint density at radius 3 is 1.86 bits per heavy atom. The standard InChI is InChI=1S/C19H22O3/c1-19(13-18-3-2-12-22-18,14-4-8-16(20)9-5-14)15-6-10-17(21)11-7-15/h4-11,18,20-21H,2-3,12-13H2,1H3. The molecule has 3 rings (SSSR count). The smallest absolute Gasteiger partial charge is 0.115 e. The average Bonchev–Trinajstić information content (AvgIpc) is 3.01. The SMILES string of the molecule is CC(CC1CCCO1)(c1ccc(O)cc1)c1ccc(O)cc1. The van der Waals surface area contributed by atoms with Crippen LogP contribution in [-0.4, -0.2) is 22.9 Å². The van der Waals surface area contributed by atoms with Gasteiger partial charge in [0.15, 0.2) is 0 Å². The Hall–Kier alpha value is -2.00. The van der Waals surface area contributed by atoms with E-state index in [1.54, 1.807) is 24.3 Å². The van der Waals surface area contributed by atoms with E-state index in [0.29, 0.717) is 0 Å². The Bertz CT molecular complexity index is 565. The summed E-state index contributed by atoms with van der Waals surface area (Å²) in [5.41, 5.74) is 2.08. The van der Waals surface area contributed by atoms with Crippen LogP contribution in [0.25, 0.3) is 0 Å². The number of hydrogen-bond acceptors (Lipinski definition) is 3. The van der Waals surface area contributed by atoms with Gasteiger partial charge in [0.05, 0.1) is 6.10 Å². The Labute approximate surface area is 131 Å². The van der Waals surface area contributed by atoms with Crippen LogP contribution in [0, 0.1) is 0 Å². The van der Waals surface area contributed by atoms with Crippen LogP contribution < -0.4 is 0 Å². The van der Waals surface area contributed by atoms with Gasteiger partial charge in [-0.3, -0.25) is 0 Å². The number of phenolic OH excluding ortho intramolecular Hbond substituents is 2. The Balaban J connectivity index is 1.99. The highest BCUT2D eigenvalue weighted by Crippen LogP contribution is 2.39. The number of ether oxygens (including phenoxy) is 1. The Morgan fingerprint density at radius 2 is 1.45 bits per heavy atom. The van der Waals surface area contributed by atoms with Crippen molar-refractivity contribution >= 4 is 0 Å². The van der Waals surface area contributed by atoms with Crippen LogP contribution in [0.15, 0.2) is 48.5 Å². The van der Waals surface area contributed by atoms with Crippen molar-refractivity contribution in [1.29, 1.82) is 0 Å². The molecule has 0 aromatic heterocycles. The maximum absolute atomic E-state index is 9.56. The molecule has 2 aromatic rings. The van der Waals surface area contributed by atoms with E-state index in [2.05, 4.69) is 6.92 Å². The van der Waals surface area contributed by atoms with Gasteiger partial charge in [-0.1, -0.05) is 31.2 Å². The molecule has 0 saturated carbocycles. The van der Waals surface area contributed by atoms with Crippen LogP contribution in [0.2, 0.25) is 0 Å². The summed E-state index contributed by atoms with van der Waals surface area (Å²) in [5, 5.41) is 19.1. The second-order valence-corrected chi connectivity index (χ2v) is 6.27. The van der Waals surface area contributed by atoms with Crippen LogP contribution in [0.5, 0.6) is 11.5 Å². The molecule has 2 aromatic carbocycles. The molecule has 1 unspecified atom stereocenters. The molecule has 0 radical (unpaired) electrons. The minimum atomic E-state index is -0.212. The van der Waals surface area contributed by atoms with Crippen LogP contribution in [-0.2, 0) is 10.2 Å². The van der Waals surface area contributed by atoms with Gasteiger partial charge in [-0.2, -0.15) is 0 Å². The molecule has 0 aliphatic carbocycles. The molecule has 1 aliphatic rings. The third-order valence-electron chi connectivity index (χ3n) is 4.67. The van der Waals surface area contributed by atoms with Crippen LogP contribution >= 0.6 is 0 Å². The van der Waals surface area contributed by atoms with E-state index >= 15 is 0 Å². The largest absolute Gasteiger partial charge is 0.508 e. The quantitative estimate of drug-likeness (QED) is 0.898. The molecule has 1 fully saturated rings. The van der Waals surface area contributed by atoms with E-state index < -0.39 is 0 Å². The molecule has 1 saturated heterocycles. The van der Waals surface area contributed by atoms with Gasteiger partial charge in [0, 0.05) is 12.0 Å². The molecule has 1 aliphatic heterocycles. The Kier molecular flexibility index (Phi) is 4.08. The van der Waals surface area contributed by atoms with Gasteiger partial charge >= 0.3 is 0 Å². The van der Waals surface area contributed by atoms with E-state index in [4.69, 9.17) is 4.74 Å². The van der Waals surface area contributed by atoms with Crippen molar-refractivity contribution < 1.29 is 14.9 Å². The van der Waals surface area contributed by atoms with Gasteiger partial charge in [-0.15, -0.1) is 0 Å². The monoisotopic (exact) mass is 298 g/mol. The number of hydrogen-bond donors (Lipinski definition) is 2. The first-order chi connectivity index (χ1) is 10.6. The molecular weight excluding hydrogens is 276 g/mol. The van der Waals surface area contributed by atoms with Gasteiger partial charge in [0.1, 0.15) is 11.5 Å². The maximum atomic E-state index is 9.56. The van der Waals surface area contributed by atoms with E-state index in [-0.39, 0.29) is 23.0 Å². The van der Waals surface area contributed by atoms with Gasteiger partial charge in [0.25, 0.3) is 0 Å². The van der Waals surface area contributed by atoms with E-state index in [0.717, 1.165) is 37.0 Å². The Morgan fingerprint density at radius 1 is 0.955 bits per heavy atom. The highest BCUT2D eigenvalue weighted by molar-refractivity contribution is 5.42. The van der Waals surface area contributed by atoms with Crippen molar-refractivity contribution in [3.63, 3.8) is 0 Å². The van der Waals surface area contributed by atoms with Crippen molar-refractivity contribution in [1.82, 2.24) is 0 Å². The molecule has 1 heterocycles. The van der Waals surface area contributed by atoms with E-state index in [1.807, 2.05) is 24.3 Å². The first-order valence-corrected chi connectivity index (χ1v) is 7.78. The summed E-state index contributed by atoms with van der Waals surface area (Å²) in [7, 11) is 0. The molecular formula is C19H22O3. The third-order valence-corrected chi connectivity index (χ3v) is 4.67. The first-order valence-electron chi connectivity index (χ1n) is 7.78. The van der Waals surface area contributed by atoms with Gasteiger partial charge in [0.2, 0.25) is 0 Å². The van der Waals surface area contributed by atoms with Crippen molar-refractivity contribution in [3.05, 3.63) is 59.7 Å². The highest BCUT2D eigenvalue weighted by Gasteiger charge is 2.33. The van der Waals surface area contributed by atoms with Crippen LogP contribution in [0.4, 0.5) is 0 Å². The predicted octanol–water partition coefficient (Wildman–Crippen LogP) is 3.97. The summed E-state index contributed by atoms with van der Waals surface area (Å²) in [5.74, 6) is 0.544. The summed E-state index contributed by atoms with van der Waals surface area (Å²) in [4.78, 5) is 0. The fourth-order valence-electron chi connectivity index (χ4n) is 3.32. The molecule has 116 valence electrons. The van der Waals surface area contributed by atoms with Crippen molar-refractivity contribution in [2.45, 2.75) is 37.7 Å². The number of phenols is 2. The number of aromatic hydroxyl groups is 2. The molecule has 0 bridgehead atoms. The van der Waals surface area contributed by atoms with Crippen LogP contribution in [0.3, 0.4) is 0 Å². The normalized spacial score (nSPS) is 18.5. The molecule has 1 atom stereocenters. The minimum Gasteiger partial charge on any atom is -0.508 e. The predicted molar refractivity (Wildman–Crippen MR) is 86.3 cm³/mol. The summed E-state index contributed by atoms with van der Waals surface area (Å²) >= 11 is 0. The molecule has 22 heavy (non-hydrogen) atoms. The fraction of sp³-hybridized carbons (Fsp3) is 0.368. The summed E-state index contributed by atoms with van der Waals surface area (Å²) in [6.45, 7) is 3.04. The van der Waals surface area contributed by atoms with E-state index in [1.165, 1.54) is 0 Å². The summed E-state index contributed by atoms with van der Waals surface area (Å²) in [6, 6.07) is 14.8. The number of benzene rings is 2. The van der Waals surface area contributed by atoms with Crippen molar-refractivity contribution in [2.24, 2.45) is 0 Å². The van der Waals surface area contributed by atoms with Gasteiger partial charge in [-0.25, -0.2) is 0 Å². The lowest BCUT2D eigenvalue weighted by Crippen LogP contribution is -2.29. The summed E-state index contributed by atoms with van der Waals surface area (Å²) < 4.78 is 5.84. The molecule has 2 N–H and O–H groups in total. The lowest BCUT2D eigenvalue weighted by atomic mass is 9.72. The maximum Gasteiger partial charge on any atom is 0.115 e. The average molecular weight is 298 g/mol. The molecule has 0 spiro atoms. The minimum absolute atomic E-state index is 0.212. The second kappa shape index (κ2) is 6.01. The fourth-order valence-corrected chi connectivity index (χ4v) is 3.32. The molecule has 3 heteroatoms. The van der Waals surface area contributed by atoms with Crippen molar-refractivity contribution in [2.75, 3.05) is 6.61 Å². The van der Waals surface area contributed by atoms with Crippen LogP contribution in [0.1, 0.15) is 37.3 Å².